The molecule has 3 heteroatoms. The summed E-state index contributed by atoms with van der Waals surface area (Å²) in [6.45, 7) is 5.17. The van der Waals surface area contributed by atoms with E-state index in [1.807, 2.05) is 6.07 Å². The second-order valence-corrected chi connectivity index (χ2v) is 7.97. The van der Waals surface area contributed by atoms with Crippen LogP contribution in [-0.4, -0.2) is 31.1 Å². The first-order valence-corrected chi connectivity index (χ1v) is 10.6. The Balaban J connectivity index is 1.46. The van der Waals surface area contributed by atoms with Gasteiger partial charge in [0.05, 0.1) is 0 Å². The van der Waals surface area contributed by atoms with E-state index in [-0.39, 0.29) is 0 Å². The van der Waals surface area contributed by atoms with Crippen molar-refractivity contribution in [2.45, 2.75) is 44.8 Å². The summed E-state index contributed by atoms with van der Waals surface area (Å²) in [5.41, 5.74) is 2.68. The van der Waals surface area contributed by atoms with Crippen LogP contribution in [0.5, 0.6) is 5.75 Å². The molecule has 0 radical (unpaired) electrons. The van der Waals surface area contributed by atoms with Gasteiger partial charge in [-0.15, -0.1) is 0 Å². The summed E-state index contributed by atoms with van der Waals surface area (Å²) in [6.07, 6.45) is 6.95. The van der Waals surface area contributed by atoms with Crippen LogP contribution in [-0.2, 0) is 6.61 Å². The average molecular weight is 365 g/mol. The first kappa shape index (κ1) is 18.5. The molecule has 0 aromatic heterocycles. The predicted molar refractivity (Wildman–Crippen MR) is 111 cm³/mol. The average Bonchev–Trinajstić information content (AvgIpc) is 2.76. The predicted octanol–water partition coefficient (Wildman–Crippen LogP) is 4.79. The van der Waals surface area contributed by atoms with Gasteiger partial charge in [-0.1, -0.05) is 61.7 Å². The molecule has 1 saturated heterocycles. The molecular formula is C24H32N2O. The van der Waals surface area contributed by atoms with Crippen molar-refractivity contribution in [1.82, 2.24) is 10.2 Å². The normalized spacial score (nSPS) is 20.3. The van der Waals surface area contributed by atoms with Crippen LogP contribution in [0.3, 0.4) is 0 Å². The molecule has 3 nitrogen and oxygen atoms in total. The number of rotatable bonds is 6. The Kier molecular flexibility index (Phi) is 6.44. The zero-order valence-electron chi connectivity index (χ0n) is 16.3. The van der Waals surface area contributed by atoms with Crippen LogP contribution in [0.2, 0.25) is 0 Å². The van der Waals surface area contributed by atoms with Crippen molar-refractivity contribution < 1.29 is 4.74 Å². The Morgan fingerprint density at radius 1 is 0.889 bits per heavy atom. The maximum atomic E-state index is 5.99. The van der Waals surface area contributed by atoms with Crippen molar-refractivity contribution in [1.29, 1.82) is 0 Å². The molecule has 1 aliphatic heterocycles. The van der Waals surface area contributed by atoms with Gasteiger partial charge in [-0.2, -0.15) is 0 Å². The minimum Gasteiger partial charge on any atom is -0.489 e. The number of piperazine rings is 1. The quantitative estimate of drug-likeness (QED) is 0.797. The lowest BCUT2D eigenvalue weighted by atomic mass is 9.80. The van der Waals surface area contributed by atoms with Crippen molar-refractivity contribution in [2.75, 3.05) is 26.2 Å². The van der Waals surface area contributed by atoms with Gasteiger partial charge in [0, 0.05) is 32.2 Å². The summed E-state index contributed by atoms with van der Waals surface area (Å²) in [6, 6.07) is 19.9. The van der Waals surface area contributed by atoms with Crippen LogP contribution >= 0.6 is 0 Å². The Bertz CT molecular complexity index is 655. The summed E-state index contributed by atoms with van der Waals surface area (Å²) < 4.78 is 5.99. The third kappa shape index (κ3) is 4.91. The molecule has 0 spiro atoms. The van der Waals surface area contributed by atoms with E-state index in [2.05, 4.69) is 58.7 Å². The van der Waals surface area contributed by atoms with E-state index in [4.69, 9.17) is 4.74 Å². The fraction of sp³-hybridized carbons (Fsp3) is 0.500. The van der Waals surface area contributed by atoms with Crippen LogP contribution < -0.4 is 10.1 Å². The number of hydrogen-bond acceptors (Lipinski definition) is 3. The lowest BCUT2D eigenvalue weighted by Gasteiger charge is -2.41. The van der Waals surface area contributed by atoms with Gasteiger partial charge in [0.1, 0.15) is 12.4 Å². The molecule has 1 atom stereocenters. The maximum Gasteiger partial charge on any atom is 0.119 e. The number of nitrogens with one attached hydrogen (secondary N) is 1. The van der Waals surface area contributed by atoms with Gasteiger partial charge >= 0.3 is 0 Å². The maximum absolute atomic E-state index is 5.99. The number of nitrogens with zero attached hydrogens (tertiary/aromatic N) is 1. The Morgan fingerprint density at radius 3 is 2.30 bits per heavy atom. The molecule has 1 N–H and O–H groups in total. The highest BCUT2D eigenvalue weighted by Gasteiger charge is 2.30. The van der Waals surface area contributed by atoms with Crippen molar-refractivity contribution in [3.63, 3.8) is 0 Å². The van der Waals surface area contributed by atoms with Crippen LogP contribution in [0.15, 0.2) is 54.6 Å². The molecule has 2 aliphatic rings. The molecule has 0 unspecified atom stereocenters. The van der Waals surface area contributed by atoms with Gasteiger partial charge in [0.2, 0.25) is 0 Å². The van der Waals surface area contributed by atoms with Crippen LogP contribution in [0.1, 0.15) is 49.3 Å². The van der Waals surface area contributed by atoms with Gasteiger partial charge in [0.15, 0.2) is 0 Å². The highest BCUT2D eigenvalue weighted by molar-refractivity contribution is 5.30. The topological polar surface area (TPSA) is 24.5 Å². The second kappa shape index (κ2) is 9.38. The summed E-state index contributed by atoms with van der Waals surface area (Å²) >= 11 is 0. The zero-order valence-corrected chi connectivity index (χ0v) is 16.3. The first-order chi connectivity index (χ1) is 13.4. The molecular weight excluding hydrogens is 332 g/mol. The summed E-state index contributed by atoms with van der Waals surface area (Å²) in [5.74, 6) is 1.76. The van der Waals surface area contributed by atoms with Crippen molar-refractivity contribution in [3.05, 3.63) is 65.7 Å². The highest BCUT2D eigenvalue weighted by atomic mass is 16.5. The van der Waals surface area contributed by atoms with Gasteiger partial charge in [-0.05, 0) is 42.0 Å². The lowest BCUT2D eigenvalue weighted by Crippen LogP contribution is -2.47. The summed E-state index contributed by atoms with van der Waals surface area (Å²) in [7, 11) is 0. The molecule has 0 amide bonds. The standard InChI is InChI=1S/C24H32N2O/c1-3-7-20(8-4-1)19-27-23-13-11-22(12-14-23)24(21-9-5-2-6-10-21)26-17-15-25-16-18-26/h1,3-4,7-8,11-14,21,24-25H,2,5-6,9-10,15-19H2/t24-/m1/s1. The van der Waals surface area contributed by atoms with Gasteiger partial charge in [-0.3, -0.25) is 4.90 Å². The lowest BCUT2D eigenvalue weighted by molar-refractivity contribution is 0.103. The molecule has 2 aromatic rings. The van der Waals surface area contributed by atoms with Crippen molar-refractivity contribution >= 4 is 0 Å². The van der Waals surface area contributed by atoms with E-state index in [1.54, 1.807) is 0 Å². The number of ether oxygens (including phenoxy) is 1. The summed E-state index contributed by atoms with van der Waals surface area (Å²) in [5, 5.41) is 3.50. The fourth-order valence-electron chi connectivity index (χ4n) is 4.69. The number of benzene rings is 2. The van der Waals surface area contributed by atoms with Gasteiger partial charge in [0.25, 0.3) is 0 Å². The highest BCUT2D eigenvalue weighted by Crippen LogP contribution is 2.39. The molecule has 1 saturated carbocycles. The van der Waals surface area contributed by atoms with E-state index in [1.165, 1.54) is 43.2 Å². The largest absolute Gasteiger partial charge is 0.489 e. The molecule has 144 valence electrons. The van der Waals surface area contributed by atoms with E-state index in [0.717, 1.165) is 37.8 Å². The minimum absolute atomic E-state index is 0.565. The molecule has 0 bridgehead atoms. The van der Waals surface area contributed by atoms with Crippen molar-refractivity contribution in [2.24, 2.45) is 5.92 Å². The smallest absolute Gasteiger partial charge is 0.119 e. The van der Waals surface area contributed by atoms with E-state index >= 15 is 0 Å². The second-order valence-electron chi connectivity index (χ2n) is 7.97. The SMILES string of the molecule is c1ccc(COc2ccc([C@@H](C3CCCCC3)N3CCNCC3)cc2)cc1. The Hall–Kier alpha value is -1.84. The third-order valence-electron chi connectivity index (χ3n) is 6.11. The Morgan fingerprint density at radius 2 is 1.59 bits per heavy atom. The molecule has 1 aliphatic carbocycles. The van der Waals surface area contributed by atoms with Crippen LogP contribution in [0.4, 0.5) is 0 Å². The number of hydrogen-bond donors (Lipinski definition) is 1. The van der Waals surface area contributed by atoms with E-state index < -0.39 is 0 Å². The summed E-state index contributed by atoms with van der Waals surface area (Å²) in [4.78, 5) is 2.71. The molecule has 4 rings (SSSR count). The fourth-order valence-corrected chi connectivity index (χ4v) is 4.69. The van der Waals surface area contributed by atoms with Gasteiger partial charge in [-0.25, -0.2) is 0 Å². The Labute approximate surface area is 163 Å². The van der Waals surface area contributed by atoms with Gasteiger partial charge < -0.3 is 10.1 Å². The zero-order chi connectivity index (χ0) is 18.3. The third-order valence-corrected chi connectivity index (χ3v) is 6.11. The monoisotopic (exact) mass is 364 g/mol. The molecule has 1 heterocycles. The molecule has 2 fully saturated rings. The van der Waals surface area contributed by atoms with E-state index in [9.17, 15) is 0 Å². The molecule has 2 aromatic carbocycles. The first-order valence-electron chi connectivity index (χ1n) is 10.6. The minimum atomic E-state index is 0.565. The molecule has 27 heavy (non-hydrogen) atoms. The van der Waals surface area contributed by atoms with Crippen LogP contribution in [0.25, 0.3) is 0 Å². The van der Waals surface area contributed by atoms with Crippen LogP contribution in [0, 0.1) is 5.92 Å². The van der Waals surface area contributed by atoms with Crippen molar-refractivity contribution in [3.8, 4) is 5.75 Å². The van der Waals surface area contributed by atoms with E-state index in [0.29, 0.717) is 12.6 Å².